The van der Waals surface area contributed by atoms with Crippen LogP contribution in [0.4, 0.5) is 0 Å². The minimum absolute atomic E-state index is 0.103. The molecule has 1 fully saturated rings. The molecule has 3 heteroatoms. The molecule has 0 saturated heterocycles. The fourth-order valence-corrected chi connectivity index (χ4v) is 1.49. The smallest absolute Gasteiger partial charge is 0.306 e. The fourth-order valence-electron chi connectivity index (χ4n) is 1.15. The van der Waals surface area contributed by atoms with Gasteiger partial charge < -0.3 is 5.11 Å². The standard InChI is InChI=1S/C6H9ClO2/c7-5-2-1-4(3-5)6(8)9/h4-5H,1-3H2,(H,8,9). The topological polar surface area (TPSA) is 37.3 Å². The molecule has 1 aliphatic rings. The van der Waals surface area contributed by atoms with E-state index >= 15 is 0 Å². The van der Waals surface area contributed by atoms with Crippen LogP contribution in [0.5, 0.6) is 0 Å². The quantitative estimate of drug-likeness (QED) is 0.572. The SMILES string of the molecule is O=C(O)C1CCC(Cl)C1. The van der Waals surface area contributed by atoms with Crippen molar-refractivity contribution >= 4 is 17.6 Å². The van der Waals surface area contributed by atoms with Gasteiger partial charge in [0.15, 0.2) is 0 Å². The molecule has 0 aromatic rings. The van der Waals surface area contributed by atoms with Crippen molar-refractivity contribution in [2.45, 2.75) is 24.6 Å². The summed E-state index contributed by atoms with van der Waals surface area (Å²) in [6, 6.07) is 0. The summed E-state index contributed by atoms with van der Waals surface area (Å²) in [5.41, 5.74) is 0. The van der Waals surface area contributed by atoms with Crippen molar-refractivity contribution in [3.63, 3.8) is 0 Å². The van der Waals surface area contributed by atoms with E-state index in [-0.39, 0.29) is 11.3 Å². The molecule has 2 atom stereocenters. The third kappa shape index (κ3) is 1.58. The Bertz CT molecular complexity index is 124. The molecule has 1 rings (SSSR count). The van der Waals surface area contributed by atoms with Gasteiger partial charge in [0.25, 0.3) is 0 Å². The normalized spacial score (nSPS) is 34.8. The van der Waals surface area contributed by atoms with E-state index in [4.69, 9.17) is 16.7 Å². The predicted molar refractivity (Wildman–Crippen MR) is 34.6 cm³/mol. The van der Waals surface area contributed by atoms with Gasteiger partial charge in [-0.1, -0.05) is 0 Å². The van der Waals surface area contributed by atoms with Gasteiger partial charge in [-0.2, -0.15) is 0 Å². The second-order valence-electron chi connectivity index (χ2n) is 2.45. The number of rotatable bonds is 1. The maximum atomic E-state index is 10.3. The molecule has 52 valence electrons. The first-order valence-corrected chi connectivity index (χ1v) is 3.50. The first-order valence-electron chi connectivity index (χ1n) is 3.07. The van der Waals surface area contributed by atoms with Crippen LogP contribution in [0.1, 0.15) is 19.3 Å². The lowest BCUT2D eigenvalue weighted by atomic mass is 10.1. The monoisotopic (exact) mass is 148 g/mol. The summed E-state index contributed by atoms with van der Waals surface area (Å²) >= 11 is 5.69. The molecule has 0 radical (unpaired) electrons. The number of halogens is 1. The van der Waals surface area contributed by atoms with E-state index in [0.717, 1.165) is 12.8 Å². The molecule has 0 spiro atoms. The number of aliphatic carboxylic acids is 1. The van der Waals surface area contributed by atoms with Crippen molar-refractivity contribution < 1.29 is 9.90 Å². The Morgan fingerprint density at radius 1 is 1.56 bits per heavy atom. The number of carboxylic acid groups (broad SMARTS) is 1. The van der Waals surface area contributed by atoms with E-state index in [9.17, 15) is 4.79 Å². The molecule has 1 saturated carbocycles. The Kier molecular flexibility index (Phi) is 1.96. The van der Waals surface area contributed by atoms with Gasteiger partial charge in [0, 0.05) is 5.38 Å². The van der Waals surface area contributed by atoms with E-state index in [0.29, 0.717) is 6.42 Å². The van der Waals surface area contributed by atoms with Gasteiger partial charge in [-0.15, -0.1) is 11.6 Å². The highest BCUT2D eigenvalue weighted by Gasteiger charge is 2.27. The second kappa shape index (κ2) is 2.56. The lowest BCUT2D eigenvalue weighted by Gasteiger charge is -1.98. The molecule has 2 nitrogen and oxygen atoms in total. The molecule has 0 bridgehead atoms. The molecular weight excluding hydrogens is 140 g/mol. The first-order chi connectivity index (χ1) is 4.20. The molecular formula is C6H9ClO2. The minimum atomic E-state index is -0.696. The number of hydrogen-bond acceptors (Lipinski definition) is 1. The van der Waals surface area contributed by atoms with Gasteiger partial charge >= 0.3 is 5.97 Å². The Hall–Kier alpha value is -0.240. The Morgan fingerprint density at radius 2 is 2.22 bits per heavy atom. The molecule has 2 unspecified atom stereocenters. The number of carbonyl (C=O) groups is 1. The van der Waals surface area contributed by atoms with Crippen LogP contribution in [-0.4, -0.2) is 16.5 Å². The van der Waals surface area contributed by atoms with E-state index in [1.165, 1.54) is 0 Å². The average molecular weight is 149 g/mol. The zero-order valence-electron chi connectivity index (χ0n) is 5.01. The van der Waals surface area contributed by atoms with Gasteiger partial charge in [0.2, 0.25) is 0 Å². The summed E-state index contributed by atoms with van der Waals surface area (Å²) in [7, 11) is 0. The molecule has 0 amide bonds. The zero-order chi connectivity index (χ0) is 6.85. The van der Waals surface area contributed by atoms with Crippen molar-refractivity contribution in [3.05, 3.63) is 0 Å². The van der Waals surface area contributed by atoms with Crippen LogP contribution < -0.4 is 0 Å². The maximum absolute atomic E-state index is 10.3. The van der Waals surface area contributed by atoms with Crippen LogP contribution in [0.2, 0.25) is 0 Å². The molecule has 0 aromatic heterocycles. The van der Waals surface area contributed by atoms with Crippen LogP contribution in [0.15, 0.2) is 0 Å². The molecule has 0 aromatic carbocycles. The van der Waals surface area contributed by atoms with Crippen molar-refractivity contribution in [1.82, 2.24) is 0 Å². The number of hydrogen-bond donors (Lipinski definition) is 1. The van der Waals surface area contributed by atoms with E-state index in [2.05, 4.69) is 0 Å². The summed E-state index contributed by atoms with van der Waals surface area (Å²) in [6.07, 6.45) is 2.26. The predicted octanol–water partition coefficient (Wildman–Crippen LogP) is 1.48. The van der Waals surface area contributed by atoms with Crippen molar-refractivity contribution in [2.75, 3.05) is 0 Å². The number of carboxylic acids is 1. The summed E-state index contributed by atoms with van der Waals surface area (Å²) in [5.74, 6) is -0.870. The van der Waals surface area contributed by atoms with Crippen molar-refractivity contribution in [1.29, 1.82) is 0 Å². The first kappa shape index (κ1) is 6.87. The van der Waals surface area contributed by atoms with E-state index in [1.807, 2.05) is 0 Å². The third-order valence-corrected chi connectivity index (χ3v) is 2.11. The van der Waals surface area contributed by atoms with Crippen LogP contribution in [0.3, 0.4) is 0 Å². The van der Waals surface area contributed by atoms with Gasteiger partial charge in [0.05, 0.1) is 5.92 Å². The van der Waals surface area contributed by atoms with Crippen molar-refractivity contribution in [3.8, 4) is 0 Å². The van der Waals surface area contributed by atoms with Crippen molar-refractivity contribution in [2.24, 2.45) is 5.92 Å². The van der Waals surface area contributed by atoms with Crippen LogP contribution >= 0.6 is 11.6 Å². The highest BCUT2D eigenvalue weighted by Crippen LogP contribution is 2.29. The highest BCUT2D eigenvalue weighted by molar-refractivity contribution is 6.20. The maximum Gasteiger partial charge on any atom is 0.306 e. The molecule has 9 heavy (non-hydrogen) atoms. The summed E-state index contributed by atoms with van der Waals surface area (Å²) < 4.78 is 0. The Labute approximate surface area is 58.8 Å². The van der Waals surface area contributed by atoms with Gasteiger partial charge in [0.1, 0.15) is 0 Å². The Balaban J connectivity index is 2.39. The second-order valence-corrected chi connectivity index (χ2v) is 3.06. The van der Waals surface area contributed by atoms with E-state index in [1.54, 1.807) is 0 Å². The molecule has 0 heterocycles. The van der Waals surface area contributed by atoms with Gasteiger partial charge in [-0.05, 0) is 19.3 Å². The molecule has 0 aliphatic heterocycles. The summed E-state index contributed by atoms with van der Waals surface area (Å²) in [4.78, 5) is 10.3. The lowest BCUT2D eigenvalue weighted by Crippen LogP contribution is -2.09. The largest absolute Gasteiger partial charge is 0.481 e. The fraction of sp³-hybridized carbons (Fsp3) is 0.833. The van der Waals surface area contributed by atoms with Crippen LogP contribution in [-0.2, 0) is 4.79 Å². The number of alkyl halides is 1. The average Bonchev–Trinajstić information content (AvgIpc) is 2.14. The van der Waals surface area contributed by atoms with E-state index < -0.39 is 5.97 Å². The van der Waals surface area contributed by atoms with Gasteiger partial charge in [-0.25, -0.2) is 0 Å². The van der Waals surface area contributed by atoms with Crippen LogP contribution in [0.25, 0.3) is 0 Å². The zero-order valence-corrected chi connectivity index (χ0v) is 5.77. The molecule has 1 N–H and O–H groups in total. The minimum Gasteiger partial charge on any atom is -0.481 e. The Morgan fingerprint density at radius 3 is 2.44 bits per heavy atom. The highest BCUT2D eigenvalue weighted by atomic mass is 35.5. The lowest BCUT2D eigenvalue weighted by molar-refractivity contribution is -0.141. The third-order valence-electron chi connectivity index (χ3n) is 1.72. The molecule has 1 aliphatic carbocycles. The van der Waals surface area contributed by atoms with Gasteiger partial charge in [-0.3, -0.25) is 4.79 Å². The summed E-state index contributed by atoms with van der Waals surface area (Å²) in [6.45, 7) is 0. The van der Waals surface area contributed by atoms with Crippen LogP contribution in [0, 0.1) is 5.92 Å². The summed E-state index contributed by atoms with van der Waals surface area (Å²) in [5, 5.41) is 8.58.